The van der Waals surface area contributed by atoms with Crippen LogP contribution in [0.4, 0.5) is 0 Å². The van der Waals surface area contributed by atoms with E-state index in [-0.39, 0.29) is 11.1 Å². The van der Waals surface area contributed by atoms with Crippen molar-refractivity contribution < 1.29 is 8.42 Å². The molecule has 2 rings (SSSR count). The van der Waals surface area contributed by atoms with E-state index in [0.29, 0.717) is 12.4 Å². The van der Waals surface area contributed by atoms with Crippen molar-refractivity contribution in [2.75, 3.05) is 6.54 Å². The zero-order chi connectivity index (χ0) is 12.5. The molecule has 1 aliphatic rings. The molecule has 0 radical (unpaired) electrons. The third-order valence-electron chi connectivity index (χ3n) is 3.26. The highest BCUT2D eigenvalue weighted by Gasteiger charge is 2.31. The first kappa shape index (κ1) is 12.6. The molecule has 0 aromatic carbocycles. The summed E-state index contributed by atoms with van der Waals surface area (Å²) in [5.41, 5.74) is 0. The minimum absolute atomic E-state index is 0.0751. The fourth-order valence-electron chi connectivity index (χ4n) is 2.26. The fourth-order valence-corrected chi connectivity index (χ4v) is 3.93. The Morgan fingerprint density at radius 3 is 2.82 bits per heavy atom. The van der Waals surface area contributed by atoms with Gasteiger partial charge in [0.2, 0.25) is 0 Å². The van der Waals surface area contributed by atoms with Crippen LogP contribution in [0.25, 0.3) is 0 Å². The number of nitrogens with one attached hydrogen (secondary N) is 1. The van der Waals surface area contributed by atoms with E-state index in [1.165, 1.54) is 6.20 Å². The molecule has 0 bridgehead atoms. The van der Waals surface area contributed by atoms with Crippen LogP contribution in [-0.4, -0.2) is 35.3 Å². The quantitative estimate of drug-likeness (QED) is 0.876. The van der Waals surface area contributed by atoms with Crippen LogP contribution >= 0.6 is 0 Å². The molecule has 17 heavy (non-hydrogen) atoms. The van der Waals surface area contributed by atoms with E-state index in [4.69, 9.17) is 0 Å². The number of aryl methyl sites for hydroxylation is 1. The topological polar surface area (TPSA) is 66.1 Å². The normalized spacial score (nSPS) is 23.5. The van der Waals surface area contributed by atoms with Crippen LogP contribution in [0.3, 0.4) is 0 Å². The Balaban J connectivity index is 2.30. The molecular weight excluding hydrogens is 238 g/mol. The lowest BCUT2D eigenvalue weighted by Crippen LogP contribution is -2.38. The van der Waals surface area contributed by atoms with E-state index in [0.717, 1.165) is 25.7 Å². The Morgan fingerprint density at radius 1 is 1.41 bits per heavy atom. The number of nitrogens with zero attached hydrogens (tertiary/aromatic N) is 2. The number of H-pyrrole nitrogens is 1. The van der Waals surface area contributed by atoms with Crippen LogP contribution in [0, 0.1) is 6.92 Å². The zero-order valence-corrected chi connectivity index (χ0v) is 11.1. The monoisotopic (exact) mass is 257 g/mol. The van der Waals surface area contributed by atoms with Crippen molar-refractivity contribution in [3.63, 3.8) is 0 Å². The zero-order valence-electron chi connectivity index (χ0n) is 10.3. The van der Waals surface area contributed by atoms with E-state index in [1.54, 1.807) is 11.2 Å². The first-order valence-electron chi connectivity index (χ1n) is 6.05. The second-order valence-corrected chi connectivity index (χ2v) is 6.51. The van der Waals surface area contributed by atoms with Crippen molar-refractivity contribution in [1.82, 2.24) is 14.3 Å². The van der Waals surface area contributed by atoms with Gasteiger partial charge in [0.25, 0.3) is 10.0 Å². The maximum Gasteiger partial charge on any atom is 0.260 e. The highest BCUT2D eigenvalue weighted by Crippen LogP contribution is 2.23. The summed E-state index contributed by atoms with van der Waals surface area (Å²) in [5.74, 6) is 0.631. The first-order chi connectivity index (χ1) is 8.01. The highest BCUT2D eigenvalue weighted by molar-refractivity contribution is 7.89. The predicted molar refractivity (Wildman–Crippen MR) is 65.1 cm³/mol. The Kier molecular flexibility index (Phi) is 3.53. The van der Waals surface area contributed by atoms with E-state index >= 15 is 0 Å². The third kappa shape index (κ3) is 2.52. The van der Waals surface area contributed by atoms with Crippen molar-refractivity contribution in [3.05, 3.63) is 12.0 Å². The van der Waals surface area contributed by atoms with Gasteiger partial charge in [0.1, 0.15) is 5.82 Å². The Hall–Kier alpha value is -0.880. The molecule has 5 nitrogen and oxygen atoms in total. The summed E-state index contributed by atoms with van der Waals surface area (Å²) >= 11 is 0. The van der Waals surface area contributed by atoms with Crippen molar-refractivity contribution in [2.24, 2.45) is 0 Å². The molecule has 0 amide bonds. The third-order valence-corrected chi connectivity index (χ3v) is 5.18. The first-order valence-corrected chi connectivity index (χ1v) is 7.49. The molecule has 0 aliphatic carbocycles. The lowest BCUT2D eigenvalue weighted by atomic mass is 10.1. The van der Waals surface area contributed by atoms with Gasteiger partial charge in [-0.25, -0.2) is 13.4 Å². The van der Waals surface area contributed by atoms with Gasteiger partial charge >= 0.3 is 0 Å². The van der Waals surface area contributed by atoms with E-state index < -0.39 is 10.0 Å². The average molecular weight is 257 g/mol. The van der Waals surface area contributed by atoms with Gasteiger partial charge in [-0.3, -0.25) is 0 Å². The maximum absolute atomic E-state index is 12.4. The van der Waals surface area contributed by atoms with Crippen LogP contribution < -0.4 is 0 Å². The summed E-state index contributed by atoms with van der Waals surface area (Å²) < 4.78 is 26.4. The molecule has 6 heteroatoms. The maximum atomic E-state index is 12.4. The van der Waals surface area contributed by atoms with Crippen LogP contribution in [-0.2, 0) is 10.0 Å². The molecule has 0 spiro atoms. The predicted octanol–water partition coefficient (Wildman–Crippen LogP) is 1.67. The molecule has 1 fully saturated rings. The second kappa shape index (κ2) is 4.78. The fraction of sp³-hybridized carbons (Fsp3) is 0.727. The Labute approximate surface area is 102 Å². The minimum Gasteiger partial charge on any atom is -0.332 e. The van der Waals surface area contributed by atoms with E-state index in [9.17, 15) is 8.42 Å². The molecule has 1 aromatic rings. The van der Waals surface area contributed by atoms with E-state index in [1.807, 2.05) is 6.92 Å². The van der Waals surface area contributed by atoms with Gasteiger partial charge < -0.3 is 4.98 Å². The summed E-state index contributed by atoms with van der Waals surface area (Å²) in [6.07, 6.45) is 5.50. The standard InChI is InChI=1S/C11H19N3O2S/c1-9-6-4-3-5-7-14(9)17(15,16)11-8-12-10(2)13-11/h8-9H,3-7H2,1-2H3,(H,12,13). The Bertz CT molecular complexity index is 481. The average Bonchev–Trinajstić information content (AvgIpc) is 2.58. The molecule has 96 valence electrons. The van der Waals surface area contributed by atoms with Gasteiger partial charge in [-0.2, -0.15) is 4.31 Å². The minimum atomic E-state index is -3.40. The number of hydrogen-bond donors (Lipinski definition) is 1. The molecule has 1 N–H and O–H groups in total. The summed E-state index contributed by atoms with van der Waals surface area (Å²) in [4.78, 5) is 6.78. The van der Waals surface area contributed by atoms with Crippen molar-refractivity contribution in [3.8, 4) is 0 Å². The summed E-state index contributed by atoms with van der Waals surface area (Å²) in [7, 11) is -3.40. The van der Waals surface area contributed by atoms with Crippen molar-refractivity contribution in [1.29, 1.82) is 0 Å². The molecule has 0 saturated carbocycles. The second-order valence-electron chi connectivity index (χ2n) is 4.65. The largest absolute Gasteiger partial charge is 0.332 e. The SMILES string of the molecule is Cc1ncc(S(=O)(=O)N2CCCCCC2C)[nH]1. The van der Waals surface area contributed by atoms with Gasteiger partial charge in [0.05, 0.1) is 6.20 Å². The molecular formula is C11H19N3O2S. The molecule has 2 heterocycles. The van der Waals surface area contributed by atoms with Crippen molar-refractivity contribution >= 4 is 10.0 Å². The highest BCUT2D eigenvalue weighted by atomic mass is 32.2. The number of hydrogen-bond acceptors (Lipinski definition) is 3. The van der Waals surface area contributed by atoms with Gasteiger partial charge in [-0.05, 0) is 26.7 Å². The summed E-state index contributed by atoms with van der Waals surface area (Å²) in [5, 5.41) is 0.212. The smallest absolute Gasteiger partial charge is 0.260 e. The van der Waals surface area contributed by atoms with E-state index in [2.05, 4.69) is 9.97 Å². The van der Waals surface area contributed by atoms with Crippen LogP contribution in [0.2, 0.25) is 0 Å². The summed E-state index contributed by atoms with van der Waals surface area (Å²) in [6, 6.07) is 0.0751. The van der Waals surface area contributed by atoms with Crippen molar-refractivity contribution in [2.45, 2.75) is 50.6 Å². The molecule has 1 atom stereocenters. The molecule has 1 aliphatic heterocycles. The lowest BCUT2D eigenvalue weighted by Gasteiger charge is -2.25. The molecule has 1 aromatic heterocycles. The number of aromatic amines is 1. The summed E-state index contributed by atoms with van der Waals surface area (Å²) in [6.45, 7) is 4.35. The van der Waals surface area contributed by atoms with Gasteiger partial charge in [-0.15, -0.1) is 0 Å². The van der Waals surface area contributed by atoms with Crippen LogP contribution in [0.5, 0.6) is 0 Å². The number of imidazole rings is 1. The Morgan fingerprint density at radius 2 is 2.18 bits per heavy atom. The van der Waals surface area contributed by atoms with Gasteiger partial charge in [0, 0.05) is 12.6 Å². The number of rotatable bonds is 2. The number of sulfonamides is 1. The van der Waals surface area contributed by atoms with Gasteiger partial charge in [-0.1, -0.05) is 12.8 Å². The van der Waals surface area contributed by atoms with Crippen LogP contribution in [0.15, 0.2) is 11.2 Å². The van der Waals surface area contributed by atoms with Crippen LogP contribution in [0.1, 0.15) is 38.4 Å². The molecule has 1 unspecified atom stereocenters. The number of aromatic nitrogens is 2. The molecule has 1 saturated heterocycles. The lowest BCUT2D eigenvalue weighted by molar-refractivity contribution is 0.341. The van der Waals surface area contributed by atoms with Gasteiger partial charge in [0.15, 0.2) is 5.03 Å².